The Labute approximate surface area is 159 Å². The van der Waals surface area contributed by atoms with Crippen LogP contribution in [-0.4, -0.2) is 11.1 Å². The van der Waals surface area contributed by atoms with E-state index in [1.54, 1.807) is 42.5 Å². The first-order chi connectivity index (χ1) is 11.4. The van der Waals surface area contributed by atoms with E-state index in [-0.39, 0.29) is 12.3 Å². The lowest BCUT2D eigenvalue weighted by atomic mass is 10.0. The van der Waals surface area contributed by atoms with Gasteiger partial charge in [-0.05, 0) is 35.9 Å². The fourth-order valence-corrected chi connectivity index (χ4v) is 2.89. The molecule has 0 unspecified atom stereocenters. The van der Waals surface area contributed by atoms with E-state index in [4.69, 9.17) is 34.8 Å². The summed E-state index contributed by atoms with van der Waals surface area (Å²) >= 11 is 21.9. The zero-order valence-electron chi connectivity index (χ0n) is 12.2. The second-order valence-corrected chi connectivity index (χ2v) is 6.56. The number of carbonyl (C=O) groups is 2. The standard InChI is InChI=1S/C16H13Cl3N2O2S/c17-9-5-6-11(18)10(7-9)14(21-16(23)24)8-15(22)20-13-4-2-1-3-12(13)19/h1-7,14H,8H2,(H,20,22)(H2,21,23,24)/t14-/m0/s1. The first kappa shape index (κ1) is 18.9. The zero-order valence-corrected chi connectivity index (χ0v) is 15.4. The molecule has 0 radical (unpaired) electrons. The van der Waals surface area contributed by atoms with Gasteiger partial charge in [-0.25, -0.2) is 0 Å². The molecule has 0 aliphatic rings. The number of para-hydroxylation sites is 1. The van der Waals surface area contributed by atoms with Crippen molar-refractivity contribution >= 4 is 64.3 Å². The van der Waals surface area contributed by atoms with Gasteiger partial charge in [-0.3, -0.25) is 9.59 Å². The first-order valence-corrected chi connectivity index (χ1v) is 8.43. The molecule has 2 amide bonds. The van der Waals surface area contributed by atoms with Crippen LogP contribution in [0.3, 0.4) is 0 Å². The Bertz CT molecular complexity index is 771. The van der Waals surface area contributed by atoms with Crippen LogP contribution in [0, 0.1) is 0 Å². The normalized spacial score (nSPS) is 11.7. The number of rotatable bonds is 5. The molecule has 24 heavy (non-hydrogen) atoms. The van der Waals surface area contributed by atoms with E-state index < -0.39 is 11.3 Å². The van der Waals surface area contributed by atoms with E-state index in [1.165, 1.54) is 0 Å². The maximum atomic E-state index is 12.3. The van der Waals surface area contributed by atoms with Crippen molar-refractivity contribution in [3.8, 4) is 0 Å². The van der Waals surface area contributed by atoms with Gasteiger partial charge in [-0.2, -0.15) is 0 Å². The maximum absolute atomic E-state index is 12.3. The lowest BCUT2D eigenvalue weighted by Crippen LogP contribution is -2.28. The van der Waals surface area contributed by atoms with Crippen LogP contribution >= 0.6 is 47.4 Å². The SMILES string of the molecule is O=C(S)N[C@@H](CC(=O)Nc1ccccc1Cl)c1cc(Cl)ccc1Cl. The summed E-state index contributed by atoms with van der Waals surface area (Å²) in [5.41, 5.74) is 1.01. The van der Waals surface area contributed by atoms with Gasteiger partial charge in [0.25, 0.3) is 5.24 Å². The molecule has 0 bridgehead atoms. The average molecular weight is 404 g/mol. The Kier molecular flexibility index (Phi) is 6.80. The van der Waals surface area contributed by atoms with Crippen LogP contribution in [0.15, 0.2) is 42.5 Å². The molecule has 0 fully saturated rings. The van der Waals surface area contributed by atoms with E-state index in [0.717, 1.165) is 0 Å². The van der Waals surface area contributed by atoms with E-state index in [9.17, 15) is 9.59 Å². The summed E-state index contributed by atoms with van der Waals surface area (Å²) in [5, 5.41) is 5.94. The largest absolute Gasteiger partial charge is 0.340 e. The summed E-state index contributed by atoms with van der Waals surface area (Å²) in [7, 11) is 0. The van der Waals surface area contributed by atoms with E-state index in [2.05, 4.69) is 23.3 Å². The molecular formula is C16H13Cl3N2O2S. The van der Waals surface area contributed by atoms with Crippen LogP contribution in [0.4, 0.5) is 10.5 Å². The summed E-state index contributed by atoms with van der Waals surface area (Å²) < 4.78 is 0. The fourth-order valence-electron chi connectivity index (χ4n) is 2.12. The van der Waals surface area contributed by atoms with Crippen molar-refractivity contribution < 1.29 is 9.59 Å². The van der Waals surface area contributed by atoms with E-state index in [0.29, 0.717) is 26.3 Å². The Morgan fingerprint density at radius 2 is 1.75 bits per heavy atom. The highest BCUT2D eigenvalue weighted by atomic mass is 35.5. The van der Waals surface area contributed by atoms with E-state index in [1.807, 2.05) is 0 Å². The predicted molar refractivity (Wildman–Crippen MR) is 101 cm³/mol. The molecule has 2 rings (SSSR count). The number of hydrogen-bond acceptors (Lipinski definition) is 2. The van der Waals surface area contributed by atoms with Crippen LogP contribution < -0.4 is 10.6 Å². The number of halogens is 3. The van der Waals surface area contributed by atoms with Gasteiger partial charge in [0.05, 0.1) is 23.2 Å². The van der Waals surface area contributed by atoms with Gasteiger partial charge in [-0.15, -0.1) is 0 Å². The van der Waals surface area contributed by atoms with E-state index >= 15 is 0 Å². The highest BCUT2D eigenvalue weighted by Crippen LogP contribution is 2.29. The Morgan fingerprint density at radius 1 is 1.04 bits per heavy atom. The second kappa shape index (κ2) is 8.62. The molecule has 0 spiro atoms. The molecule has 0 aromatic heterocycles. The summed E-state index contributed by atoms with van der Waals surface area (Å²) in [5.74, 6) is -0.341. The number of anilines is 1. The second-order valence-electron chi connectivity index (χ2n) is 4.90. The van der Waals surface area contributed by atoms with Crippen LogP contribution in [0.5, 0.6) is 0 Å². The molecule has 8 heteroatoms. The molecule has 0 saturated heterocycles. The van der Waals surface area contributed by atoms with Gasteiger partial charge >= 0.3 is 0 Å². The van der Waals surface area contributed by atoms with Crippen LogP contribution in [0.1, 0.15) is 18.0 Å². The smallest absolute Gasteiger partial charge is 0.276 e. The summed E-state index contributed by atoms with van der Waals surface area (Å²) in [6, 6.07) is 11.0. The minimum Gasteiger partial charge on any atom is -0.340 e. The third-order valence-corrected chi connectivity index (χ3v) is 4.21. The van der Waals surface area contributed by atoms with Gasteiger partial charge in [0.15, 0.2) is 0 Å². The minimum absolute atomic E-state index is 0.0580. The highest BCUT2D eigenvalue weighted by molar-refractivity contribution is 7.96. The molecule has 2 aromatic carbocycles. The van der Waals surface area contributed by atoms with Crippen molar-refractivity contribution in [3.05, 3.63) is 63.1 Å². The van der Waals surface area contributed by atoms with Crippen molar-refractivity contribution in [2.24, 2.45) is 0 Å². The lowest BCUT2D eigenvalue weighted by Gasteiger charge is -2.19. The van der Waals surface area contributed by atoms with Crippen LogP contribution in [0.25, 0.3) is 0 Å². The zero-order chi connectivity index (χ0) is 17.7. The third-order valence-electron chi connectivity index (χ3n) is 3.17. The van der Waals surface area contributed by atoms with Gasteiger partial charge in [-0.1, -0.05) is 59.6 Å². The van der Waals surface area contributed by atoms with Gasteiger partial charge in [0.1, 0.15) is 0 Å². The summed E-state index contributed by atoms with van der Waals surface area (Å²) in [4.78, 5) is 23.6. The molecule has 126 valence electrons. The Balaban J connectivity index is 2.19. The van der Waals surface area contributed by atoms with Crippen molar-refractivity contribution in [3.63, 3.8) is 0 Å². The summed E-state index contributed by atoms with van der Waals surface area (Å²) in [6.07, 6.45) is -0.0580. The number of amides is 2. The maximum Gasteiger partial charge on any atom is 0.276 e. The molecule has 0 aliphatic heterocycles. The average Bonchev–Trinajstić information content (AvgIpc) is 2.51. The molecule has 4 nitrogen and oxygen atoms in total. The molecule has 0 saturated carbocycles. The van der Waals surface area contributed by atoms with Crippen LogP contribution in [-0.2, 0) is 4.79 Å². The Hall–Kier alpha value is -1.40. The van der Waals surface area contributed by atoms with Gasteiger partial charge < -0.3 is 10.6 Å². The topological polar surface area (TPSA) is 58.2 Å². The van der Waals surface area contributed by atoms with Crippen molar-refractivity contribution in [1.29, 1.82) is 0 Å². The number of benzene rings is 2. The number of thiol groups is 1. The van der Waals surface area contributed by atoms with Crippen molar-refractivity contribution in [2.45, 2.75) is 12.5 Å². The highest BCUT2D eigenvalue weighted by Gasteiger charge is 2.20. The van der Waals surface area contributed by atoms with Crippen molar-refractivity contribution in [1.82, 2.24) is 5.32 Å². The van der Waals surface area contributed by atoms with Gasteiger partial charge in [0.2, 0.25) is 5.91 Å². The summed E-state index contributed by atoms with van der Waals surface area (Å²) in [6.45, 7) is 0. The third kappa shape index (κ3) is 5.31. The predicted octanol–water partition coefficient (Wildman–Crippen LogP) is 5.36. The quantitative estimate of drug-likeness (QED) is 0.589. The number of carbonyl (C=O) groups excluding carboxylic acids is 2. The Morgan fingerprint density at radius 3 is 2.42 bits per heavy atom. The molecular weight excluding hydrogens is 391 g/mol. The molecule has 0 heterocycles. The first-order valence-electron chi connectivity index (χ1n) is 6.85. The number of hydrogen-bond donors (Lipinski definition) is 3. The minimum atomic E-state index is -0.677. The molecule has 2 N–H and O–H groups in total. The molecule has 1 atom stereocenters. The van der Waals surface area contributed by atoms with Gasteiger partial charge in [0, 0.05) is 10.0 Å². The fraction of sp³-hybridized carbons (Fsp3) is 0.125. The number of nitrogens with one attached hydrogen (secondary N) is 2. The van der Waals surface area contributed by atoms with Crippen LogP contribution in [0.2, 0.25) is 15.1 Å². The lowest BCUT2D eigenvalue weighted by molar-refractivity contribution is -0.116. The monoisotopic (exact) mass is 402 g/mol. The van der Waals surface area contributed by atoms with Crippen molar-refractivity contribution in [2.75, 3.05) is 5.32 Å². The molecule has 2 aromatic rings. The molecule has 0 aliphatic carbocycles.